The monoisotopic (exact) mass is 429 g/mol. The van der Waals surface area contributed by atoms with Crippen LogP contribution in [0.2, 0.25) is 0 Å². The minimum absolute atomic E-state index is 0.00524. The van der Waals surface area contributed by atoms with E-state index in [1.165, 1.54) is 11.1 Å². The molecule has 7 nitrogen and oxygen atoms in total. The smallest absolute Gasteiger partial charge is 0.255 e. The molecule has 2 amide bonds. The summed E-state index contributed by atoms with van der Waals surface area (Å²) in [4.78, 5) is 38.6. The molecule has 3 aliphatic carbocycles. The predicted octanol–water partition coefficient (Wildman–Crippen LogP) is 3.54. The molecule has 2 fully saturated rings. The van der Waals surface area contributed by atoms with Gasteiger partial charge in [-0.15, -0.1) is 0 Å². The Bertz CT molecular complexity index is 1190. The van der Waals surface area contributed by atoms with Gasteiger partial charge in [-0.1, -0.05) is 24.3 Å². The van der Waals surface area contributed by atoms with Gasteiger partial charge >= 0.3 is 0 Å². The minimum Gasteiger partial charge on any atom is -0.347 e. The van der Waals surface area contributed by atoms with Crippen molar-refractivity contribution in [1.29, 1.82) is 0 Å². The van der Waals surface area contributed by atoms with Crippen molar-refractivity contribution < 1.29 is 9.59 Å². The van der Waals surface area contributed by atoms with E-state index in [1.54, 1.807) is 12.4 Å². The lowest BCUT2D eigenvalue weighted by Crippen LogP contribution is -2.49. The van der Waals surface area contributed by atoms with Crippen LogP contribution in [0.5, 0.6) is 0 Å². The average molecular weight is 430 g/mol. The highest BCUT2D eigenvalue weighted by Gasteiger charge is 2.39. The van der Waals surface area contributed by atoms with Crippen LogP contribution in [0.3, 0.4) is 0 Å². The Hall–Kier alpha value is -3.22. The third-order valence-corrected chi connectivity index (χ3v) is 6.99. The van der Waals surface area contributed by atoms with Crippen LogP contribution in [0.25, 0.3) is 11.2 Å². The Kier molecular flexibility index (Phi) is 4.70. The lowest BCUT2D eigenvalue weighted by molar-refractivity contribution is -0.124. The molecule has 0 bridgehead atoms. The van der Waals surface area contributed by atoms with Crippen LogP contribution in [0, 0.1) is 5.92 Å². The van der Waals surface area contributed by atoms with Crippen LogP contribution in [-0.2, 0) is 11.2 Å². The number of carbonyl (C=O) groups excluding carboxylic acids is 2. The van der Waals surface area contributed by atoms with Gasteiger partial charge in [0.15, 0.2) is 5.65 Å². The number of aromatic amines is 1. The molecular formula is C25H27N5O2. The predicted molar refractivity (Wildman–Crippen MR) is 120 cm³/mol. The van der Waals surface area contributed by atoms with E-state index in [0.29, 0.717) is 22.6 Å². The molecule has 3 N–H and O–H groups in total. The van der Waals surface area contributed by atoms with Gasteiger partial charge in [0.05, 0.1) is 23.5 Å². The third kappa shape index (κ3) is 3.66. The Morgan fingerprint density at radius 1 is 1.09 bits per heavy atom. The topological polar surface area (TPSA) is 99.8 Å². The number of benzene rings is 1. The number of aryl methyl sites for hydroxylation is 1. The van der Waals surface area contributed by atoms with Crippen molar-refractivity contribution in [2.24, 2.45) is 5.92 Å². The zero-order valence-electron chi connectivity index (χ0n) is 17.9. The summed E-state index contributed by atoms with van der Waals surface area (Å²) in [6.07, 6.45) is 10.6. The Morgan fingerprint density at radius 2 is 1.94 bits per heavy atom. The summed E-state index contributed by atoms with van der Waals surface area (Å²) in [5.41, 5.74) is 5.09. The first kappa shape index (κ1) is 19.5. The number of aromatic nitrogens is 3. The van der Waals surface area contributed by atoms with E-state index in [-0.39, 0.29) is 23.8 Å². The molecule has 0 aliphatic heterocycles. The maximum Gasteiger partial charge on any atom is 0.255 e. The van der Waals surface area contributed by atoms with Crippen molar-refractivity contribution in [3.63, 3.8) is 0 Å². The van der Waals surface area contributed by atoms with Gasteiger partial charge < -0.3 is 15.6 Å². The van der Waals surface area contributed by atoms with Gasteiger partial charge in [0.2, 0.25) is 5.91 Å². The molecular weight excluding hydrogens is 402 g/mol. The quantitative estimate of drug-likeness (QED) is 0.558. The second-order valence-corrected chi connectivity index (χ2v) is 9.41. The van der Waals surface area contributed by atoms with Gasteiger partial charge in [-0.2, -0.15) is 0 Å². The Labute approximate surface area is 186 Å². The van der Waals surface area contributed by atoms with Crippen molar-refractivity contribution in [1.82, 2.24) is 25.6 Å². The second kappa shape index (κ2) is 7.73. The van der Waals surface area contributed by atoms with Gasteiger partial charge in [0.1, 0.15) is 11.6 Å². The van der Waals surface area contributed by atoms with Gasteiger partial charge in [-0.25, -0.2) is 9.97 Å². The zero-order valence-corrected chi connectivity index (χ0v) is 17.9. The standard InChI is InChI=1S/C25H27N5O2/c31-24(18-12-26-23-22(18)28-20(13-27-23)15-8-9-15)30-21(16-10-11-16)25(32)29-19-7-3-5-14-4-1-2-6-17(14)19/h1-2,4,6,12-13,15-16,19,21H,3,5,7-11H2,(H,26,27)(H,29,32)(H,30,31). The highest BCUT2D eigenvalue weighted by atomic mass is 16.2. The van der Waals surface area contributed by atoms with Crippen molar-refractivity contribution in [2.75, 3.05) is 0 Å². The van der Waals surface area contributed by atoms with Gasteiger partial charge in [-0.3, -0.25) is 9.59 Å². The fraction of sp³-hybridized carbons (Fsp3) is 0.440. The number of amides is 2. The number of H-pyrrole nitrogens is 1. The fourth-order valence-electron chi connectivity index (χ4n) is 4.87. The molecule has 32 heavy (non-hydrogen) atoms. The summed E-state index contributed by atoms with van der Waals surface area (Å²) in [6.45, 7) is 0. The van der Waals surface area contributed by atoms with E-state index in [0.717, 1.165) is 50.6 Å². The van der Waals surface area contributed by atoms with Gasteiger partial charge in [0.25, 0.3) is 5.91 Å². The lowest BCUT2D eigenvalue weighted by Gasteiger charge is -2.28. The van der Waals surface area contributed by atoms with Crippen molar-refractivity contribution in [3.05, 3.63) is 59.0 Å². The van der Waals surface area contributed by atoms with Crippen molar-refractivity contribution >= 4 is 23.0 Å². The van der Waals surface area contributed by atoms with E-state index in [9.17, 15) is 9.59 Å². The summed E-state index contributed by atoms with van der Waals surface area (Å²) >= 11 is 0. The molecule has 0 spiro atoms. The summed E-state index contributed by atoms with van der Waals surface area (Å²) < 4.78 is 0. The summed E-state index contributed by atoms with van der Waals surface area (Å²) in [5, 5.41) is 6.24. The highest BCUT2D eigenvalue weighted by Crippen LogP contribution is 2.39. The Balaban J connectivity index is 1.21. The average Bonchev–Trinajstić information content (AvgIpc) is 3.74. The number of carbonyl (C=O) groups is 2. The van der Waals surface area contributed by atoms with E-state index in [4.69, 9.17) is 4.98 Å². The summed E-state index contributed by atoms with van der Waals surface area (Å²) in [6, 6.07) is 7.80. The molecule has 2 heterocycles. The number of nitrogens with one attached hydrogen (secondary N) is 3. The van der Waals surface area contributed by atoms with E-state index in [2.05, 4.69) is 38.8 Å². The molecule has 3 aliphatic rings. The molecule has 3 aromatic rings. The normalized spacial score (nSPS) is 21.1. The summed E-state index contributed by atoms with van der Waals surface area (Å²) in [5.74, 6) is 0.291. The first-order valence-corrected chi connectivity index (χ1v) is 11.7. The molecule has 2 saturated carbocycles. The minimum atomic E-state index is -0.527. The van der Waals surface area contributed by atoms with Gasteiger partial charge in [0, 0.05) is 12.1 Å². The zero-order chi connectivity index (χ0) is 21.7. The number of rotatable bonds is 6. The largest absolute Gasteiger partial charge is 0.347 e. The molecule has 2 atom stereocenters. The maximum absolute atomic E-state index is 13.3. The SMILES string of the molecule is O=C(NC(C(=O)NC1CCCc2ccccc21)C1CC1)c1c[nH]c2ncc(C3CC3)nc12. The van der Waals surface area contributed by atoms with Crippen LogP contribution < -0.4 is 10.6 Å². The van der Waals surface area contributed by atoms with Gasteiger partial charge in [-0.05, 0) is 62.0 Å². The molecule has 1 aromatic carbocycles. The van der Waals surface area contributed by atoms with Crippen LogP contribution in [-0.4, -0.2) is 32.8 Å². The first-order chi connectivity index (χ1) is 15.7. The molecule has 164 valence electrons. The maximum atomic E-state index is 13.3. The van der Waals surface area contributed by atoms with E-state index < -0.39 is 6.04 Å². The van der Waals surface area contributed by atoms with E-state index >= 15 is 0 Å². The highest BCUT2D eigenvalue weighted by molar-refractivity contribution is 6.06. The van der Waals surface area contributed by atoms with Crippen LogP contribution >= 0.6 is 0 Å². The number of fused-ring (bicyclic) bond motifs is 2. The van der Waals surface area contributed by atoms with Crippen molar-refractivity contribution in [2.45, 2.75) is 62.9 Å². The van der Waals surface area contributed by atoms with E-state index in [1.807, 2.05) is 6.07 Å². The molecule has 0 radical (unpaired) electrons. The number of hydrogen-bond donors (Lipinski definition) is 3. The van der Waals surface area contributed by atoms with Crippen LogP contribution in [0.15, 0.2) is 36.7 Å². The number of hydrogen-bond acceptors (Lipinski definition) is 4. The van der Waals surface area contributed by atoms with Crippen LogP contribution in [0.1, 0.15) is 77.7 Å². The second-order valence-electron chi connectivity index (χ2n) is 9.41. The number of nitrogens with zero attached hydrogens (tertiary/aromatic N) is 2. The third-order valence-electron chi connectivity index (χ3n) is 6.99. The first-order valence-electron chi connectivity index (χ1n) is 11.7. The molecule has 2 aromatic heterocycles. The Morgan fingerprint density at radius 3 is 2.75 bits per heavy atom. The molecule has 7 heteroatoms. The lowest BCUT2D eigenvalue weighted by atomic mass is 9.87. The van der Waals surface area contributed by atoms with Crippen LogP contribution in [0.4, 0.5) is 0 Å². The van der Waals surface area contributed by atoms with Crippen molar-refractivity contribution in [3.8, 4) is 0 Å². The summed E-state index contributed by atoms with van der Waals surface area (Å²) in [7, 11) is 0. The fourth-order valence-corrected chi connectivity index (χ4v) is 4.87. The molecule has 6 rings (SSSR count). The molecule has 2 unspecified atom stereocenters. The molecule has 0 saturated heterocycles.